The Hall–Kier alpha value is -2.10. The molecule has 0 spiro atoms. The molecule has 1 atom stereocenters. The minimum atomic E-state index is -4.40. The standard InChI is InChI=1S/C26H34F3N5S/c1-17-3-2-9-34(16-17)20-4-5-21-23(15-20)35-24-14-18(26(27,28)29)13-22(25(24)32-21)31-19-6-10-33(11-7-19)12-8-30/h4-5,13-15,17,19,31-32H,2-3,6-12,16,30H2,1H3. The number of anilines is 4. The van der Waals surface area contributed by atoms with E-state index < -0.39 is 11.7 Å². The third-order valence-corrected chi connectivity index (χ3v) is 8.39. The van der Waals surface area contributed by atoms with E-state index in [1.807, 2.05) is 0 Å². The Bertz CT molecular complexity index is 1050. The molecule has 3 heterocycles. The maximum atomic E-state index is 13.8. The quantitative estimate of drug-likeness (QED) is 0.396. The first kappa shape index (κ1) is 24.6. The molecular weight excluding hydrogens is 471 g/mol. The van der Waals surface area contributed by atoms with Crippen LogP contribution in [0.1, 0.15) is 38.2 Å². The zero-order valence-corrected chi connectivity index (χ0v) is 20.9. The summed E-state index contributed by atoms with van der Waals surface area (Å²) in [5.74, 6) is 0.649. The van der Waals surface area contributed by atoms with Crippen LogP contribution in [0.3, 0.4) is 0 Å². The molecule has 1 unspecified atom stereocenters. The molecule has 3 aliphatic heterocycles. The molecule has 3 aliphatic rings. The van der Waals surface area contributed by atoms with Crippen LogP contribution in [0.15, 0.2) is 40.1 Å². The SMILES string of the molecule is CC1CCCN(c2ccc3c(c2)Sc2cc(C(F)(F)F)cc(NC4CCN(CCN)CC4)c2N3)C1. The van der Waals surface area contributed by atoms with E-state index in [0.717, 1.165) is 67.5 Å². The molecule has 0 radical (unpaired) electrons. The van der Waals surface area contributed by atoms with Crippen molar-refractivity contribution in [2.24, 2.45) is 11.7 Å². The lowest BCUT2D eigenvalue weighted by Crippen LogP contribution is -2.41. The maximum Gasteiger partial charge on any atom is 0.416 e. The second kappa shape index (κ2) is 10.1. The van der Waals surface area contributed by atoms with Crippen molar-refractivity contribution in [3.8, 4) is 0 Å². The van der Waals surface area contributed by atoms with Crippen molar-refractivity contribution in [1.82, 2.24) is 4.90 Å². The summed E-state index contributed by atoms with van der Waals surface area (Å²) in [6, 6.07) is 8.97. The molecule has 2 aromatic carbocycles. The first-order chi connectivity index (χ1) is 16.8. The van der Waals surface area contributed by atoms with Gasteiger partial charge in [0.15, 0.2) is 0 Å². The summed E-state index contributed by atoms with van der Waals surface area (Å²) in [6.45, 7) is 7.60. The summed E-state index contributed by atoms with van der Waals surface area (Å²) < 4.78 is 41.4. The van der Waals surface area contributed by atoms with Crippen molar-refractivity contribution >= 4 is 34.5 Å². The first-order valence-electron chi connectivity index (χ1n) is 12.6. The number of piperidine rings is 2. The van der Waals surface area contributed by atoms with Gasteiger partial charge in [0.1, 0.15) is 0 Å². The maximum absolute atomic E-state index is 13.8. The van der Waals surface area contributed by atoms with Gasteiger partial charge in [-0.2, -0.15) is 13.2 Å². The number of nitrogens with two attached hydrogens (primary N) is 1. The molecule has 9 heteroatoms. The van der Waals surface area contributed by atoms with Crippen molar-refractivity contribution in [1.29, 1.82) is 0 Å². The van der Waals surface area contributed by atoms with Gasteiger partial charge in [0, 0.05) is 60.8 Å². The van der Waals surface area contributed by atoms with Gasteiger partial charge in [0.25, 0.3) is 0 Å². The van der Waals surface area contributed by atoms with Gasteiger partial charge in [-0.25, -0.2) is 0 Å². The van der Waals surface area contributed by atoms with Crippen LogP contribution in [0.5, 0.6) is 0 Å². The van der Waals surface area contributed by atoms with Crippen molar-refractivity contribution in [3.63, 3.8) is 0 Å². The van der Waals surface area contributed by atoms with Crippen LogP contribution in [0.2, 0.25) is 0 Å². The van der Waals surface area contributed by atoms with Gasteiger partial charge in [-0.3, -0.25) is 0 Å². The molecule has 0 aromatic heterocycles. The summed E-state index contributed by atoms with van der Waals surface area (Å²) >= 11 is 1.42. The Kier molecular flexibility index (Phi) is 7.10. The summed E-state index contributed by atoms with van der Waals surface area (Å²) in [6.07, 6.45) is -0.226. The molecule has 0 aliphatic carbocycles. The third kappa shape index (κ3) is 5.52. The Labute approximate surface area is 209 Å². The minimum absolute atomic E-state index is 0.133. The van der Waals surface area contributed by atoms with Crippen molar-refractivity contribution < 1.29 is 13.2 Å². The zero-order chi connectivity index (χ0) is 24.6. The number of hydrogen-bond donors (Lipinski definition) is 3. The number of rotatable bonds is 5. The Balaban J connectivity index is 1.40. The van der Waals surface area contributed by atoms with Crippen LogP contribution in [0.4, 0.5) is 35.9 Å². The topological polar surface area (TPSA) is 56.6 Å². The normalized spacial score (nSPS) is 21.3. The summed E-state index contributed by atoms with van der Waals surface area (Å²) in [5, 5.41) is 6.89. The molecule has 35 heavy (non-hydrogen) atoms. The predicted octanol–water partition coefficient (Wildman–Crippen LogP) is 5.98. The Morgan fingerprint density at radius 2 is 1.89 bits per heavy atom. The number of nitrogens with zero attached hydrogens (tertiary/aromatic N) is 2. The first-order valence-corrected chi connectivity index (χ1v) is 13.4. The fraction of sp³-hybridized carbons (Fsp3) is 0.538. The number of fused-ring (bicyclic) bond motifs is 2. The van der Waals surface area contributed by atoms with E-state index in [0.29, 0.717) is 23.0 Å². The van der Waals surface area contributed by atoms with E-state index in [4.69, 9.17) is 5.73 Å². The highest BCUT2D eigenvalue weighted by Gasteiger charge is 2.34. The fourth-order valence-corrected chi connectivity index (χ4v) is 6.47. The van der Waals surface area contributed by atoms with Gasteiger partial charge >= 0.3 is 6.18 Å². The van der Waals surface area contributed by atoms with Crippen LogP contribution < -0.4 is 21.3 Å². The highest BCUT2D eigenvalue weighted by Crippen LogP contribution is 2.50. The zero-order valence-electron chi connectivity index (χ0n) is 20.1. The Morgan fingerprint density at radius 1 is 1.09 bits per heavy atom. The van der Waals surface area contributed by atoms with E-state index >= 15 is 0 Å². The lowest BCUT2D eigenvalue weighted by Gasteiger charge is -2.35. The smallest absolute Gasteiger partial charge is 0.380 e. The highest BCUT2D eigenvalue weighted by molar-refractivity contribution is 7.99. The lowest BCUT2D eigenvalue weighted by atomic mass is 10.00. The number of benzene rings is 2. The van der Waals surface area contributed by atoms with Crippen LogP contribution in [0, 0.1) is 5.92 Å². The van der Waals surface area contributed by atoms with E-state index in [-0.39, 0.29) is 6.04 Å². The molecule has 2 saturated heterocycles. The average molecular weight is 506 g/mol. The van der Waals surface area contributed by atoms with Gasteiger partial charge in [-0.15, -0.1) is 0 Å². The van der Waals surface area contributed by atoms with E-state index in [1.165, 1.54) is 36.7 Å². The molecule has 190 valence electrons. The number of nitrogens with one attached hydrogen (secondary N) is 2. The molecule has 5 rings (SSSR count). The van der Waals surface area contributed by atoms with Crippen LogP contribution >= 0.6 is 11.8 Å². The predicted molar refractivity (Wildman–Crippen MR) is 138 cm³/mol. The number of hydrogen-bond acceptors (Lipinski definition) is 6. The molecule has 0 amide bonds. The van der Waals surface area contributed by atoms with Gasteiger partial charge in [0.05, 0.1) is 22.6 Å². The van der Waals surface area contributed by atoms with Gasteiger partial charge in [-0.05, 0) is 61.9 Å². The van der Waals surface area contributed by atoms with Crippen molar-refractivity contribution in [2.75, 3.05) is 54.8 Å². The summed E-state index contributed by atoms with van der Waals surface area (Å²) in [5.41, 5.74) is 8.40. The molecule has 5 nitrogen and oxygen atoms in total. The molecule has 0 saturated carbocycles. The molecule has 2 aromatic rings. The van der Waals surface area contributed by atoms with E-state index in [2.05, 4.69) is 45.6 Å². The Morgan fingerprint density at radius 3 is 2.60 bits per heavy atom. The second-order valence-corrected chi connectivity index (χ2v) is 11.1. The second-order valence-electron chi connectivity index (χ2n) is 10.0. The van der Waals surface area contributed by atoms with Crippen molar-refractivity contribution in [3.05, 3.63) is 35.9 Å². The third-order valence-electron chi connectivity index (χ3n) is 7.29. The monoisotopic (exact) mass is 505 g/mol. The average Bonchev–Trinajstić information content (AvgIpc) is 2.83. The van der Waals surface area contributed by atoms with Crippen LogP contribution in [0.25, 0.3) is 0 Å². The number of alkyl halides is 3. The van der Waals surface area contributed by atoms with Crippen LogP contribution in [-0.2, 0) is 6.18 Å². The van der Waals surface area contributed by atoms with Gasteiger partial charge < -0.3 is 26.2 Å². The van der Waals surface area contributed by atoms with E-state index in [9.17, 15) is 13.2 Å². The largest absolute Gasteiger partial charge is 0.416 e. The molecule has 4 N–H and O–H groups in total. The molecule has 0 bridgehead atoms. The lowest BCUT2D eigenvalue weighted by molar-refractivity contribution is -0.137. The fourth-order valence-electron chi connectivity index (χ4n) is 5.38. The van der Waals surface area contributed by atoms with Crippen LogP contribution in [-0.4, -0.2) is 50.2 Å². The number of halogens is 3. The van der Waals surface area contributed by atoms with Crippen molar-refractivity contribution in [2.45, 2.75) is 54.6 Å². The summed E-state index contributed by atoms with van der Waals surface area (Å²) in [4.78, 5) is 6.28. The molecular formula is C26H34F3N5S. The van der Waals surface area contributed by atoms with E-state index in [1.54, 1.807) is 0 Å². The number of likely N-dealkylation sites (tertiary alicyclic amines) is 1. The van der Waals surface area contributed by atoms with Gasteiger partial charge in [-0.1, -0.05) is 18.7 Å². The van der Waals surface area contributed by atoms with Gasteiger partial charge in [0.2, 0.25) is 0 Å². The summed E-state index contributed by atoms with van der Waals surface area (Å²) in [7, 11) is 0. The minimum Gasteiger partial charge on any atom is -0.380 e. The highest BCUT2D eigenvalue weighted by atomic mass is 32.2. The molecule has 2 fully saturated rings.